The van der Waals surface area contributed by atoms with E-state index in [0.29, 0.717) is 12.4 Å². The van der Waals surface area contributed by atoms with E-state index < -0.39 is 4.92 Å². The van der Waals surface area contributed by atoms with Gasteiger partial charge in [0.05, 0.1) is 4.92 Å². The first-order valence-electron chi connectivity index (χ1n) is 6.23. The van der Waals surface area contributed by atoms with Gasteiger partial charge in [0.15, 0.2) is 0 Å². The summed E-state index contributed by atoms with van der Waals surface area (Å²) in [4.78, 5) is 14.8. The van der Waals surface area contributed by atoms with Crippen LogP contribution < -0.4 is 10.6 Å². The van der Waals surface area contributed by atoms with Crippen molar-refractivity contribution < 1.29 is 4.92 Å². The summed E-state index contributed by atoms with van der Waals surface area (Å²) in [6.07, 6.45) is 0. The first-order chi connectivity index (χ1) is 9.61. The molecule has 1 heterocycles. The molecule has 0 aliphatic carbocycles. The van der Waals surface area contributed by atoms with Crippen LogP contribution in [0.3, 0.4) is 0 Å². The van der Waals surface area contributed by atoms with Crippen LogP contribution in [0, 0.1) is 17.0 Å². The molecule has 104 valence electrons. The zero-order valence-corrected chi connectivity index (χ0v) is 11.4. The van der Waals surface area contributed by atoms with Gasteiger partial charge < -0.3 is 10.6 Å². The van der Waals surface area contributed by atoms with Crippen LogP contribution in [0.4, 0.5) is 17.3 Å². The van der Waals surface area contributed by atoms with E-state index in [4.69, 9.17) is 0 Å². The van der Waals surface area contributed by atoms with Crippen LogP contribution in [0.2, 0.25) is 0 Å². The Balaban J connectivity index is 2.24. The number of aromatic nitrogens is 1. The van der Waals surface area contributed by atoms with Crippen molar-refractivity contribution in [1.82, 2.24) is 4.98 Å². The minimum atomic E-state index is -0.438. The Morgan fingerprint density at radius 3 is 2.65 bits per heavy atom. The molecule has 1 aromatic carbocycles. The van der Waals surface area contributed by atoms with Crippen LogP contribution in [0.15, 0.2) is 36.4 Å². The predicted molar refractivity (Wildman–Crippen MR) is 78.9 cm³/mol. The van der Waals surface area contributed by atoms with Gasteiger partial charge >= 0.3 is 5.69 Å². The SMILES string of the molecule is CNc1ccc([N+](=O)[O-])c(NCc2ccccc2C)n1. The van der Waals surface area contributed by atoms with E-state index >= 15 is 0 Å². The predicted octanol–water partition coefficient (Wildman–Crippen LogP) is 2.95. The van der Waals surface area contributed by atoms with Gasteiger partial charge in [-0.05, 0) is 24.1 Å². The number of benzene rings is 1. The molecule has 6 nitrogen and oxygen atoms in total. The summed E-state index contributed by atoms with van der Waals surface area (Å²) in [5, 5.41) is 16.9. The van der Waals surface area contributed by atoms with Crippen LogP contribution in [-0.2, 0) is 6.54 Å². The lowest BCUT2D eigenvalue weighted by Crippen LogP contribution is -2.07. The fourth-order valence-electron chi connectivity index (χ4n) is 1.86. The molecule has 0 amide bonds. The Hall–Kier alpha value is -2.63. The molecular formula is C14H16N4O2. The van der Waals surface area contributed by atoms with Crippen LogP contribution >= 0.6 is 0 Å². The fraction of sp³-hybridized carbons (Fsp3) is 0.214. The van der Waals surface area contributed by atoms with Crippen LogP contribution in [0.1, 0.15) is 11.1 Å². The van der Waals surface area contributed by atoms with E-state index in [1.165, 1.54) is 6.07 Å². The average Bonchev–Trinajstić information content (AvgIpc) is 2.46. The van der Waals surface area contributed by atoms with Gasteiger partial charge in [0, 0.05) is 19.7 Å². The van der Waals surface area contributed by atoms with Crippen molar-refractivity contribution in [3.63, 3.8) is 0 Å². The molecule has 0 spiro atoms. The second-order valence-corrected chi connectivity index (χ2v) is 4.35. The second kappa shape index (κ2) is 6.01. The number of nitrogens with zero attached hydrogens (tertiary/aromatic N) is 2. The Kier molecular flexibility index (Phi) is 4.14. The Morgan fingerprint density at radius 1 is 1.25 bits per heavy atom. The molecule has 6 heteroatoms. The van der Waals surface area contributed by atoms with Gasteiger partial charge in [0.25, 0.3) is 0 Å². The molecule has 0 unspecified atom stereocenters. The highest BCUT2D eigenvalue weighted by atomic mass is 16.6. The summed E-state index contributed by atoms with van der Waals surface area (Å²) >= 11 is 0. The second-order valence-electron chi connectivity index (χ2n) is 4.35. The third-order valence-corrected chi connectivity index (χ3v) is 3.03. The standard InChI is InChI=1S/C14H16N4O2/c1-10-5-3-4-6-11(10)9-16-14-12(18(19)20)7-8-13(15-2)17-14/h3-8H,9H2,1-2H3,(H2,15,16,17). The van der Waals surface area contributed by atoms with E-state index in [1.54, 1.807) is 13.1 Å². The first-order valence-corrected chi connectivity index (χ1v) is 6.23. The minimum absolute atomic E-state index is 0.0300. The van der Waals surface area contributed by atoms with Gasteiger partial charge in [0.1, 0.15) is 5.82 Å². The van der Waals surface area contributed by atoms with Crippen LogP contribution in [0.25, 0.3) is 0 Å². The summed E-state index contributed by atoms with van der Waals surface area (Å²) in [6.45, 7) is 2.50. The zero-order chi connectivity index (χ0) is 14.5. The Bertz CT molecular complexity index is 628. The molecule has 1 aromatic heterocycles. The molecule has 0 fully saturated rings. The highest BCUT2D eigenvalue weighted by Crippen LogP contribution is 2.24. The highest BCUT2D eigenvalue weighted by molar-refractivity contribution is 5.60. The molecule has 0 radical (unpaired) electrons. The van der Waals surface area contributed by atoms with Crippen LogP contribution in [0.5, 0.6) is 0 Å². The van der Waals surface area contributed by atoms with Gasteiger partial charge in [-0.15, -0.1) is 0 Å². The van der Waals surface area contributed by atoms with Gasteiger partial charge in [-0.3, -0.25) is 10.1 Å². The third kappa shape index (κ3) is 3.03. The molecule has 2 rings (SSSR count). The van der Waals surface area contributed by atoms with Gasteiger partial charge in [-0.1, -0.05) is 24.3 Å². The number of rotatable bonds is 5. The van der Waals surface area contributed by atoms with Crippen LogP contribution in [-0.4, -0.2) is 17.0 Å². The van der Waals surface area contributed by atoms with Crippen molar-refractivity contribution in [1.29, 1.82) is 0 Å². The zero-order valence-electron chi connectivity index (χ0n) is 11.4. The van der Waals surface area contributed by atoms with E-state index in [0.717, 1.165) is 11.1 Å². The molecule has 2 aromatic rings. The highest BCUT2D eigenvalue weighted by Gasteiger charge is 2.15. The topological polar surface area (TPSA) is 80.1 Å². The van der Waals surface area contributed by atoms with E-state index in [9.17, 15) is 10.1 Å². The maximum atomic E-state index is 11.0. The molecule has 20 heavy (non-hydrogen) atoms. The van der Waals surface area contributed by atoms with E-state index in [-0.39, 0.29) is 11.5 Å². The molecule has 0 bridgehead atoms. The normalized spacial score (nSPS) is 10.1. The summed E-state index contributed by atoms with van der Waals surface area (Å²) < 4.78 is 0. The summed E-state index contributed by atoms with van der Waals surface area (Å²) in [7, 11) is 1.72. The van der Waals surface area contributed by atoms with Crippen molar-refractivity contribution in [3.8, 4) is 0 Å². The summed E-state index contributed by atoms with van der Waals surface area (Å²) in [6, 6.07) is 10.9. The number of nitro groups is 1. The molecule has 0 saturated heterocycles. The first kappa shape index (κ1) is 13.8. The number of pyridine rings is 1. The molecule has 0 atom stereocenters. The maximum absolute atomic E-state index is 11.0. The Morgan fingerprint density at radius 2 is 2.00 bits per heavy atom. The minimum Gasteiger partial charge on any atom is -0.373 e. The lowest BCUT2D eigenvalue weighted by atomic mass is 10.1. The third-order valence-electron chi connectivity index (χ3n) is 3.03. The fourth-order valence-corrected chi connectivity index (χ4v) is 1.86. The van der Waals surface area contributed by atoms with Crippen molar-refractivity contribution >= 4 is 17.3 Å². The largest absolute Gasteiger partial charge is 0.373 e. The Labute approximate surface area is 117 Å². The van der Waals surface area contributed by atoms with Gasteiger partial charge in [-0.25, -0.2) is 4.98 Å². The number of anilines is 2. The van der Waals surface area contributed by atoms with Crippen molar-refractivity contribution in [2.45, 2.75) is 13.5 Å². The van der Waals surface area contributed by atoms with Gasteiger partial charge in [-0.2, -0.15) is 0 Å². The molecule has 0 aliphatic heterocycles. The molecule has 0 saturated carbocycles. The quantitative estimate of drug-likeness (QED) is 0.646. The van der Waals surface area contributed by atoms with Gasteiger partial charge in [0.2, 0.25) is 5.82 Å². The molecule has 2 N–H and O–H groups in total. The number of aryl methyl sites for hydroxylation is 1. The van der Waals surface area contributed by atoms with Crippen molar-refractivity contribution in [3.05, 3.63) is 57.6 Å². The van der Waals surface area contributed by atoms with E-state index in [1.807, 2.05) is 31.2 Å². The smallest absolute Gasteiger partial charge is 0.311 e. The van der Waals surface area contributed by atoms with E-state index in [2.05, 4.69) is 15.6 Å². The summed E-state index contributed by atoms with van der Waals surface area (Å²) in [5.41, 5.74) is 2.18. The lowest BCUT2D eigenvalue weighted by molar-refractivity contribution is -0.384. The number of hydrogen-bond acceptors (Lipinski definition) is 5. The maximum Gasteiger partial charge on any atom is 0.311 e. The van der Waals surface area contributed by atoms with Crippen molar-refractivity contribution in [2.75, 3.05) is 17.7 Å². The number of nitrogens with one attached hydrogen (secondary N) is 2. The molecular weight excluding hydrogens is 256 g/mol. The van der Waals surface area contributed by atoms with Crippen molar-refractivity contribution in [2.24, 2.45) is 0 Å². The summed E-state index contributed by atoms with van der Waals surface area (Å²) in [5.74, 6) is 0.855. The lowest BCUT2D eigenvalue weighted by Gasteiger charge is -2.09. The average molecular weight is 272 g/mol. The monoisotopic (exact) mass is 272 g/mol. The molecule has 0 aliphatic rings. The number of hydrogen-bond donors (Lipinski definition) is 2.